The molecule has 2 fully saturated rings. The third kappa shape index (κ3) is 3.52. The number of hydrogen-bond donors (Lipinski definition) is 0. The van der Waals surface area contributed by atoms with Crippen molar-refractivity contribution >= 4 is 16.9 Å². The van der Waals surface area contributed by atoms with Crippen LogP contribution in [0.5, 0.6) is 0 Å². The zero-order chi connectivity index (χ0) is 18.9. The molecule has 5 rings (SSSR count). The number of ether oxygens (including phenoxy) is 1. The van der Waals surface area contributed by atoms with Crippen LogP contribution in [0.3, 0.4) is 0 Å². The Balaban J connectivity index is 1.41. The number of rotatable bonds is 6. The number of hydrogen-bond acceptors (Lipinski definition) is 4. The summed E-state index contributed by atoms with van der Waals surface area (Å²) in [6.07, 6.45) is 8.24. The number of fused-ring (bicyclic) bond motifs is 1. The minimum atomic E-state index is 0.00373. The van der Waals surface area contributed by atoms with Gasteiger partial charge in [0.05, 0.1) is 35.7 Å². The Morgan fingerprint density at radius 3 is 2.86 bits per heavy atom. The van der Waals surface area contributed by atoms with Crippen molar-refractivity contribution in [2.75, 3.05) is 13.2 Å². The molecule has 2 aliphatic rings. The van der Waals surface area contributed by atoms with Gasteiger partial charge in [-0.25, -0.2) is 4.98 Å². The Bertz CT molecular complexity index is 975. The average molecular weight is 376 g/mol. The first-order valence-electron chi connectivity index (χ1n) is 10.1. The second-order valence-electron chi connectivity index (χ2n) is 7.73. The molecular formula is C22H24N4O2. The Morgan fingerprint density at radius 2 is 2.11 bits per heavy atom. The van der Waals surface area contributed by atoms with Gasteiger partial charge in [-0.3, -0.25) is 9.78 Å². The van der Waals surface area contributed by atoms with Crippen molar-refractivity contribution < 1.29 is 9.53 Å². The molecule has 144 valence electrons. The van der Waals surface area contributed by atoms with Gasteiger partial charge in [0.2, 0.25) is 0 Å². The van der Waals surface area contributed by atoms with Gasteiger partial charge < -0.3 is 14.2 Å². The van der Waals surface area contributed by atoms with E-state index in [-0.39, 0.29) is 12.0 Å². The molecule has 0 N–H and O–H groups in total. The van der Waals surface area contributed by atoms with E-state index in [0.29, 0.717) is 24.7 Å². The second-order valence-corrected chi connectivity index (χ2v) is 7.73. The van der Waals surface area contributed by atoms with Gasteiger partial charge in [0, 0.05) is 31.0 Å². The largest absolute Gasteiger partial charge is 0.376 e. The highest BCUT2D eigenvalue weighted by molar-refractivity contribution is 5.97. The molecule has 6 heteroatoms. The van der Waals surface area contributed by atoms with Crippen LogP contribution in [0.25, 0.3) is 11.0 Å². The van der Waals surface area contributed by atoms with Gasteiger partial charge in [0.15, 0.2) is 0 Å². The van der Waals surface area contributed by atoms with Gasteiger partial charge in [0.1, 0.15) is 0 Å². The fourth-order valence-electron chi connectivity index (χ4n) is 3.93. The Labute approximate surface area is 164 Å². The van der Waals surface area contributed by atoms with E-state index in [1.54, 1.807) is 6.20 Å². The summed E-state index contributed by atoms with van der Waals surface area (Å²) in [6.45, 7) is 1.85. The standard InChI is InChI=1S/C22H24N4O2/c27-22(16-6-9-21-20(12-16)24-15-26(21)18-7-8-18)25(14-19-5-3-11-28-19)13-17-4-1-2-10-23-17/h1-2,4,6,9-10,12,15,18-19H,3,5,7-8,11,13-14H2. The topological polar surface area (TPSA) is 60.2 Å². The normalized spacial score (nSPS) is 19.2. The molecule has 1 unspecified atom stereocenters. The van der Waals surface area contributed by atoms with Gasteiger partial charge >= 0.3 is 0 Å². The number of imidazole rings is 1. The van der Waals surface area contributed by atoms with E-state index < -0.39 is 0 Å². The molecule has 0 spiro atoms. The van der Waals surface area contributed by atoms with Crippen molar-refractivity contribution in [3.05, 3.63) is 60.2 Å². The highest BCUT2D eigenvalue weighted by Crippen LogP contribution is 2.37. The Kier molecular flexibility index (Phi) is 4.56. The lowest BCUT2D eigenvalue weighted by atomic mass is 10.1. The number of pyridine rings is 1. The first-order valence-corrected chi connectivity index (χ1v) is 10.1. The van der Waals surface area contributed by atoms with Gasteiger partial charge in [-0.15, -0.1) is 0 Å². The van der Waals surface area contributed by atoms with E-state index in [4.69, 9.17) is 4.74 Å². The first kappa shape index (κ1) is 17.4. The van der Waals surface area contributed by atoms with Crippen molar-refractivity contribution in [3.63, 3.8) is 0 Å². The zero-order valence-electron chi connectivity index (χ0n) is 15.8. The molecule has 28 heavy (non-hydrogen) atoms. The Hall–Kier alpha value is -2.73. The maximum absolute atomic E-state index is 13.3. The first-order chi connectivity index (χ1) is 13.8. The fourth-order valence-corrected chi connectivity index (χ4v) is 3.93. The number of carbonyl (C=O) groups excluding carboxylic acids is 1. The Morgan fingerprint density at radius 1 is 1.18 bits per heavy atom. The van der Waals surface area contributed by atoms with Crippen LogP contribution in [-0.4, -0.2) is 44.6 Å². The summed E-state index contributed by atoms with van der Waals surface area (Å²) in [5.74, 6) is 0.00373. The van der Waals surface area contributed by atoms with Crippen molar-refractivity contribution in [2.24, 2.45) is 0 Å². The summed E-state index contributed by atoms with van der Waals surface area (Å²) in [7, 11) is 0. The fraction of sp³-hybridized carbons (Fsp3) is 0.409. The van der Waals surface area contributed by atoms with E-state index in [1.165, 1.54) is 12.8 Å². The smallest absolute Gasteiger partial charge is 0.254 e. The molecule has 1 aliphatic carbocycles. The molecule has 1 aromatic carbocycles. The van der Waals surface area contributed by atoms with Crippen LogP contribution in [0, 0.1) is 0 Å². The zero-order valence-corrected chi connectivity index (χ0v) is 15.8. The number of aromatic nitrogens is 3. The van der Waals surface area contributed by atoms with Gasteiger partial charge in [-0.05, 0) is 56.0 Å². The molecule has 1 atom stereocenters. The molecule has 3 aromatic rings. The van der Waals surface area contributed by atoms with Crippen LogP contribution >= 0.6 is 0 Å². The van der Waals surface area contributed by atoms with E-state index in [2.05, 4.69) is 14.5 Å². The second kappa shape index (κ2) is 7.36. The molecule has 0 radical (unpaired) electrons. The van der Waals surface area contributed by atoms with Gasteiger partial charge in [-0.2, -0.15) is 0 Å². The third-order valence-corrected chi connectivity index (χ3v) is 5.58. The van der Waals surface area contributed by atoms with E-state index in [9.17, 15) is 4.79 Å². The molecule has 0 bridgehead atoms. The van der Waals surface area contributed by atoms with Crippen LogP contribution in [0.4, 0.5) is 0 Å². The molecular weight excluding hydrogens is 352 g/mol. The van der Waals surface area contributed by atoms with Gasteiger partial charge in [-0.1, -0.05) is 6.07 Å². The van der Waals surface area contributed by atoms with Gasteiger partial charge in [0.25, 0.3) is 5.91 Å². The number of nitrogens with zero attached hydrogens (tertiary/aromatic N) is 4. The minimum Gasteiger partial charge on any atom is -0.376 e. The van der Waals surface area contributed by atoms with Crippen LogP contribution in [0.2, 0.25) is 0 Å². The third-order valence-electron chi connectivity index (χ3n) is 5.58. The SMILES string of the molecule is O=C(c1ccc2c(c1)ncn2C1CC1)N(Cc1ccccn1)CC1CCCO1. The summed E-state index contributed by atoms with van der Waals surface area (Å²) in [4.78, 5) is 24.1. The predicted molar refractivity (Wildman–Crippen MR) is 106 cm³/mol. The lowest BCUT2D eigenvalue weighted by Crippen LogP contribution is -2.37. The highest BCUT2D eigenvalue weighted by atomic mass is 16.5. The van der Waals surface area contributed by atoms with Crippen molar-refractivity contribution in [1.29, 1.82) is 0 Å². The van der Waals surface area contributed by atoms with Crippen LogP contribution in [0.15, 0.2) is 48.9 Å². The molecule has 6 nitrogen and oxygen atoms in total. The molecule has 1 saturated carbocycles. The average Bonchev–Trinajstić information content (AvgIpc) is 3.27. The molecule has 3 heterocycles. The van der Waals surface area contributed by atoms with Crippen molar-refractivity contribution in [2.45, 2.75) is 44.4 Å². The maximum atomic E-state index is 13.3. The van der Waals surface area contributed by atoms with Crippen molar-refractivity contribution in [3.8, 4) is 0 Å². The summed E-state index contributed by atoms with van der Waals surface area (Å²) in [5.41, 5.74) is 3.54. The van der Waals surface area contributed by atoms with Crippen molar-refractivity contribution in [1.82, 2.24) is 19.4 Å². The maximum Gasteiger partial charge on any atom is 0.254 e. The van der Waals surface area contributed by atoms with Crippen LogP contribution in [-0.2, 0) is 11.3 Å². The number of benzene rings is 1. The monoisotopic (exact) mass is 376 g/mol. The molecule has 1 saturated heterocycles. The molecule has 1 amide bonds. The summed E-state index contributed by atoms with van der Waals surface area (Å²) in [5, 5.41) is 0. The summed E-state index contributed by atoms with van der Waals surface area (Å²) < 4.78 is 8.01. The van der Waals surface area contributed by atoms with E-state index >= 15 is 0 Å². The highest BCUT2D eigenvalue weighted by Gasteiger charge is 2.27. The van der Waals surface area contributed by atoms with Crippen LogP contribution < -0.4 is 0 Å². The lowest BCUT2D eigenvalue weighted by Gasteiger charge is -2.25. The minimum absolute atomic E-state index is 0.00373. The van der Waals surface area contributed by atoms with Crippen LogP contribution in [0.1, 0.15) is 47.8 Å². The predicted octanol–water partition coefficient (Wildman–Crippen LogP) is 3.59. The quantitative estimate of drug-likeness (QED) is 0.660. The lowest BCUT2D eigenvalue weighted by molar-refractivity contribution is 0.0504. The summed E-state index contributed by atoms with van der Waals surface area (Å²) in [6, 6.07) is 12.2. The van der Waals surface area contributed by atoms with E-state index in [0.717, 1.165) is 36.2 Å². The van der Waals surface area contributed by atoms with E-state index in [1.807, 2.05) is 47.6 Å². The molecule has 2 aromatic heterocycles. The number of carbonyl (C=O) groups is 1. The number of amides is 1. The molecule has 1 aliphatic heterocycles. The summed E-state index contributed by atoms with van der Waals surface area (Å²) >= 11 is 0.